The van der Waals surface area contributed by atoms with Gasteiger partial charge in [-0.3, -0.25) is 4.79 Å². The average Bonchev–Trinajstić information content (AvgIpc) is 2.78. The summed E-state index contributed by atoms with van der Waals surface area (Å²) in [7, 11) is 0. The van der Waals surface area contributed by atoms with Crippen LogP contribution in [0.25, 0.3) is 0 Å². The topological polar surface area (TPSA) is 66.8 Å². The van der Waals surface area contributed by atoms with Crippen molar-refractivity contribution in [1.82, 2.24) is 0 Å². The normalized spacial score (nSPS) is 13.3. The van der Waals surface area contributed by atoms with Crippen molar-refractivity contribution in [2.24, 2.45) is 0 Å². The molecule has 2 N–H and O–H groups in total. The zero-order valence-electron chi connectivity index (χ0n) is 16.0. The molecular weight excluding hydrogens is 364 g/mol. The van der Waals surface area contributed by atoms with E-state index in [9.17, 15) is 15.0 Å². The van der Waals surface area contributed by atoms with Gasteiger partial charge in [-0.15, -0.1) is 6.58 Å². The molecule has 0 aliphatic carbocycles. The highest BCUT2D eigenvalue weighted by Gasteiger charge is 2.44. The summed E-state index contributed by atoms with van der Waals surface area (Å²) in [5, 5.41) is 21.8. The summed E-state index contributed by atoms with van der Waals surface area (Å²) >= 11 is 0. The van der Waals surface area contributed by atoms with Crippen LogP contribution >= 0.6 is 0 Å². The number of carbonyl (C=O) groups excluding carboxylic acids is 1. The third-order valence-corrected chi connectivity index (χ3v) is 4.81. The Morgan fingerprint density at radius 3 is 1.79 bits per heavy atom. The molecule has 3 aromatic carbocycles. The molecule has 0 unspecified atom stereocenters. The van der Waals surface area contributed by atoms with E-state index in [2.05, 4.69) is 6.58 Å². The van der Waals surface area contributed by atoms with E-state index >= 15 is 0 Å². The standard InChI is InChI=1S/C25H24O4/c1-2-22(26)18-23(27)29-24(19-12-6-3-7-13-19)25(28,20-14-8-4-9-15-20)21-16-10-5-11-17-21/h2-17,22,24,26,28H,1,18H2/t22-,24+/m0/s1. The summed E-state index contributed by atoms with van der Waals surface area (Å²) in [4.78, 5) is 12.6. The molecule has 0 aliphatic rings. The van der Waals surface area contributed by atoms with Gasteiger partial charge in [0, 0.05) is 0 Å². The molecule has 2 atom stereocenters. The van der Waals surface area contributed by atoms with Crippen LogP contribution in [-0.4, -0.2) is 22.3 Å². The number of ether oxygens (including phenoxy) is 1. The van der Waals surface area contributed by atoms with Crippen LogP contribution in [0.5, 0.6) is 0 Å². The number of aliphatic hydroxyl groups is 2. The lowest BCUT2D eigenvalue weighted by molar-refractivity contribution is -0.165. The highest BCUT2D eigenvalue weighted by molar-refractivity contribution is 5.71. The summed E-state index contributed by atoms with van der Waals surface area (Å²) in [6.07, 6.45) is -0.996. The molecule has 3 aromatic rings. The Morgan fingerprint density at radius 2 is 1.34 bits per heavy atom. The van der Waals surface area contributed by atoms with Crippen molar-refractivity contribution in [3.05, 3.63) is 120 Å². The third-order valence-electron chi connectivity index (χ3n) is 4.81. The van der Waals surface area contributed by atoms with Gasteiger partial charge in [0.25, 0.3) is 0 Å². The zero-order chi connectivity index (χ0) is 20.7. The lowest BCUT2D eigenvalue weighted by atomic mass is 9.79. The lowest BCUT2D eigenvalue weighted by Crippen LogP contribution is -2.38. The van der Waals surface area contributed by atoms with E-state index in [1.54, 1.807) is 36.4 Å². The Hall–Kier alpha value is -3.21. The highest BCUT2D eigenvalue weighted by Crippen LogP contribution is 2.43. The van der Waals surface area contributed by atoms with Crippen LogP contribution in [0.4, 0.5) is 0 Å². The van der Waals surface area contributed by atoms with Gasteiger partial charge in [0.2, 0.25) is 0 Å². The van der Waals surface area contributed by atoms with Crippen molar-refractivity contribution >= 4 is 5.97 Å². The van der Waals surface area contributed by atoms with Gasteiger partial charge in [-0.1, -0.05) is 97.1 Å². The number of carbonyl (C=O) groups is 1. The van der Waals surface area contributed by atoms with Crippen LogP contribution in [-0.2, 0) is 15.1 Å². The summed E-state index contributed by atoms with van der Waals surface area (Å²) < 4.78 is 5.79. The van der Waals surface area contributed by atoms with Crippen LogP contribution in [0.15, 0.2) is 104 Å². The number of esters is 1. The Balaban J connectivity index is 2.13. The van der Waals surface area contributed by atoms with Gasteiger partial charge in [0.15, 0.2) is 11.7 Å². The van der Waals surface area contributed by atoms with Crippen molar-refractivity contribution in [2.45, 2.75) is 24.2 Å². The number of aliphatic hydroxyl groups excluding tert-OH is 1. The van der Waals surface area contributed by atoms with Crippen LogP contribution < -0.4 is 0 Å². The maximum atomic E-state index is 12.6. The average molecular weight is 388 g/mol. The van der Waals surface area contributed by atoms with Gasteiger partial charge in [0.1, 0.15) is 0 Å². The van der Waals surface area contributed by atoms with Gasteiger partial charge < -0.3 is 14.9 Å². The SMILES string of the molecule is C=C[C@H](O)CC(=O)O[C@H](c1ccccc1)C(O)(c1ccccc1)c1ccccc1. The lowest BCUT2D eigenvalue weighted by Gasteiger charge is -2.37. The molecule has 0 saturated carbocycles. The van der Waals surface area contributed by atoms with E-state index in [0.717, 1.165) is 0 Å². The van der Waals surface area contributed by atoms with Crippen molar-refractivity contribution in [3.8, 4) is 0 Å². The van der Waals surface area contributed by atoms with E-state index in [4.69, 9.17) is 4.74 Å². The second kappa shape index (κ2) is 9.32. The maximum absolute atomic E-state index is 12.6. The minimum atomic E-state index is -1.63. The second-order valence-corrected chi connectivity index (χ2v) is 6.79. The molecule has 3 rings (SSSR count). The molecule has 29 heavy (non-hydrogen) atoms. The van der Waals surface area contributed by atoms with Gasteiger partial charge >= 0.3 is 5.97 Å². The first kappa shape index (κ1) is 20.5. The van der Waals surface area contributed by atoms with Gasteiger partial charge in [-0.2, -0.15) is 0 Å². The number of benzene rings is 3. The van der Waals surface area contributed by atoms with Gasteiger partial charge in [-0.05, 0) is 16.7 Å². The number of rotatable bonds is 8. The molecule has 0 spiro atoms. The Labute approximate surface area is 170 Å². The van der Waals surface area contributed by atoms with Crippen LogP contribution in [0, 0.1) is 0 Å². The minimum Gasteiger partial charge on any atom is -0.454 e. The Bertz CT molecular complexity index is 883. The molecule has 0 heterocycles. The van der Waals surface area contributed by atoms with Gasteiger partial charge in [-0.25, -0.2) is 0 Å². The first-order valence-corrected chi connectivity index (χ1v) is 9.44. The number of hydrogen-bond donors (Lipinski definition) is 2. The zero-order valence-corrected chi connectivity index (χ0v) is 16.0. The summed E-state index contributed by atoms with van der Waals surface area (Å²) in [5.74, 6) is -0.628. The molecule has 148 valence electrons. The minimum absolute atomic E-state index is 0.244. The first-order chi connectivity index (χ1) is 14.1. The van der Waals surface area contributed by atoms with E-state index in [1.807, 2.05) is 54.6 Å². The predicted molar refractivity (Wildman–Crippen MR) is 112 cm³/mol. The quantitative estimate of drug-likeness (QED) is 0.450. The molecule has 0 amide bonds. The fraction of sp³-hybridized carbons (Fsp3) is 0.160. The Kier molecular flexibility index (Phi) is 6.60. The fourth-order valence-electron chi connectivity index (χ4n) is 3.31. The molecule has 0 aliphatic heterocycles. The maximum Gasteiger partial charge on any atom is 0.309 e. The smallest absolute Gasteiger partial charge is 0.309 e. The monoisotopic (exact) mass is 388 g/mol. The molecule has 0 fully saturated rings. The van der Waals surface area contributed by atoms with Crippen LogP contribution in [0.3, 0.4) is 0 Å². The molecule has 0 bridgehead atoms. The second-order valence-electron chi connectivity index (χ2n) is 6.79. The first-order valence-electron chi connectivity index (χ1n) is 9.44. The molecule has 4 heteroatoms. The van der Waals surface area contributed by atoms with E-state index in [0.29, 0.717) is 16.7 Å². The summed E-state index contributed by atoms with van der Waals surface area (Å²) in [6, 6.07) is 27.3. The molecule has 4 nitrogen and oxygen atoms in total. The number of hydrogen-bond acceptors (Lipinski definition) is 4. The van der Waals surface area contributed by atoms with Crippen molar-refractivity contribution in [3.63, 3.8) is 0 Å². The Morgan fingerprint density at radius 1 is 0.897 bits per heavy atom. The highest BCUT2D eigenvalue weighted by atomic mass is 16.6. The van der Waals surface area contributed by atoms with Crippen molar-refractivity contribution < 1.29 is 19.7 Å². The largest absolute Gasteiger partial charge is 0.454 e. The van der Waals surface area contributed by atoms with Gasteiger partial charge in [0.05, 0.1) is 12.5 Å². The van der Waals surface area contributed by atoms with Crippen molar-refractivity contribution in [2.75, 3.05) is 0 Å². The predicted octanol–water partition coefficient (Wildman–Crippen LogP) is 4.14. The van der Waals surface area contributed by atoms with Crippen molar-refractivity contribution in [1.29, 1.82) is 0 Å². The fourth-order valence-corrected chi connectivity index (χ4v) is 3.31. The van der Waals surface area contributed by atoms with E-state index in [1.165, 1.54) is 6.08 Å². The molecule has 0 aromatic heterocycles. The molecular formula is C25H24O4. The van der Waals surface area contributed by atoms with E-state index < -0.39 is 23.8 Å². The summed E-state index contributed by atoms with van der Waals surface area (Å²) in [5.41, 5.74) is 0.206. The van der Waals surface area contributed by atoms with E-state index in [-0.39, 0.29) is 6.42 Å². The molecule has 0 radical (unpaired) electrons. The van der Waals surface area contributed by atoms with Crippen LogP contribution in [0.2, 0.25) is 0 Å². The molecule has 0 saturated heterocycles. The summed E-state index contributed by atoms with van der Waals surface area (Å²) in [6.45, 7) is 3.49. The van der Waals surface area contributed by atoms with Crippen LogP contribution in [0.1, 0.15) is 29.2 Å². The third kappa shape index (κ3) is 4.62.